The number of halogens is 3. The average molecular weight is 435 g/mol. The Balaban J connectivity index is 1.57. The van der Waals surface area contributed by atoms with Crippen molar-refractivity contribution >= 4 is 17.0 Å². The second-order valence-corrected chi connectivity index (χ2v) is 8.26. The largest absolute Gasteiger partial charge is 0.417 e. The summed E-state index contributed by atoms with van der Waals surface area (Å²) in [6, 6.07) is 2.89. The maximum absolute atomic E-state index is 13.7. The zero-order valence-electron chi connectivity index (χ0n) is 17.6. The van der Waals surface area contributed by atoms with Gasteiger partial charge in [0, 0.05) is 30.9 Å². The van der Waals surface area contributed by atoms with E-state index < -0.39 is 11.7 Å². The first-order valence-electron chi connectivity index (χ1n) is 10.3. The number of hydrogen-bond acceptors (Lipinski definition) is 5. The molecule has 4 heterocycles. The lowest BCUT2D eigenvalue weighted by atomic mass is 9.91. The summed E-state index contributed by atoms with van der Waals surface area (Å²) in [5, 5.41) is 8.17. The zero-order chi connectivity index (χ0) is 22.3. The van der Waals surface area contributed by atoms with Crippen molar-refractivity contribution < 1.29 is 22.5 Å². The lowest BCUT2D eigenvalue weighted by Gasteiger charge is -2.33. The fourth-order valence-electron chi connectivity index (χ4n) is 4.23. The standard InChI is InChI=1S/C21H24F3N5O2/c1-12(10-29-8-6-13(2)26-29)20(30)28-7-4-5-15(11-28)18-17-16(21(22,23)24)9-14(3)25-19(17)31-27-18/h6,8-9,12,15H,4-5,7,10-11H2,1-3H3/t12-,15+/m1/s1. The minimum Gasteiger partial charge on any atom is -0.342 e. The lowest BCUT2D eigenvalue weighted by Crippen LogP contribution is -2.42. The van der Waals surface area contributed by atoms with Gasteiger partial charge >= 0.3 is 6.18 Å². The molecule has 0 aliphatic carbocycles. The van der Waals surface area contributed by atoms with Crippen LogP contribution in [0.25, 0.3) is 11.1 Å². The summed E-state index contributed by atoms with van der Waals surface area (Å²) in [5.41, 5.74) is 0.401. The molecule has 1 aliphatic rings. The molecule has 10 heteroatoms. The number of pyridine rings is 1. The van der Waals surface area contributed by atoms with Crippen LogP contribution in [0.2, 0.25) is 0 Å². The molecule has 0 aromatic carbocycles. The fraction of sp³-hybridized carbons (Fsp3) is 0.524. The van der Waals surface area contributed by atoms with Gasteiger partial charge in [-0.15, -0.1) is 0 Å². The van der Waals surface area contributed by atoms with Crippen LogP contribution in [0.3, 0.4) is 0 Å². The van der Waals surface area contributed by atoms with Gasteiger partial charge in [0.25, 0.3) is 5.71 Å². The van der Waals surface area contributed by atoms with Crippen LogP contribution in [0, 0.1) is 19.8 Å². The van der Waals surface area contributed by atoms with Gasteiger partial charge in [-0.2, -0.15) is 18.3 Å². The first kappa shape index (κ1) is 21.3. The highest BCUT2D eigenvalue weighted by molar-refractivity contribution is 5.82. The monoisotopic (exact) mass is 435 g/mol. The van der Waals surface area contributed by atoms with Crippen LogP contribution < -0.4 is 0 Å². The van der Waals surface area contributed by atoms with Crippen LogP contribution in [0.1, 0.15) is 48.3 Å². The number of rotatable bonds is 4. The van der Waals surface area contributed by atoms with Crippen LogP contribution in [-0.2, 0) is 17.5 Å². The number of fused-ring (bicyclic) bond motifs is 1. The number of likely N-dealkylation sites (tertiary alicyclic amines) is 1. The Morgan fingerprint density at radius 3 is 2.77 bits per heavy atom. The van der Waals surface area contributed by atoms with Gasteiger partial charge in [0.05, 0.1) is 34.8 Å². The molecule has 0 spiro atoms. The summed E-state index contributed by atoms with van der Waals surface area (Å²) in [6.07, 6.45) is -1.41. The second-order valence-electron chi connectivity index (χ2n) is 8.26. The van der Waals surface area contributed by atoms with Crippen LogP contribution in [0.15, 0.2) is 22.9 Å². The van der Waals surface area contributed by atoms with E-state index in [2.05, 4.69) is 15.2 Å². The van der Waals surface area contributed by atoms with Crippen molar-refractivity contribution in [1.29, 1.82) is 0 Å². The van der Waals surface area contributed by atoms with Gasteiger partial charge in [-0.3, -0.25) is 9.48 Å². The van der Waals surface area contributed by atoms with Crippen molar-refractivity contribution in [2.45, 2.75) is 52.3 Å². The third-order valence-corrected chi connectivity index (χ3v) is 5.68. The summed E-state index contributed by atoms with van der Waals surface area (Å²) in [5.74, 6) is -0.693. The predicted octanol–water partition coefficient (Wildman–Crippen LogP) is 4.10. The molecule has 0 saturated carbocycles. The van der Waals surface area contributed by atoms with Crippen molar-refractivity contribution in [2.75, 3.05) is 13.1 Å². The van der Waals surface area contributed by atoms with E-state index in [0.29, 0.717) is 32.5 Å². The van der Waals surface area contributed by atoms with Crippen molar-refractivity contribution in [3.8, 4) is 0 Å². The molecule has 166 valence electrons. The van der Waals surface area contributed by atoms with Gasteiger partial charge in [-0.05, 0) is 38.8 Å². The van der Waals surface area contributed by atoms with Gasteiger partial charge in [-0.1, -0.05) is 12.1 Å². The van der Waals surface area contributed by atoms with Crippen molar-refractivity contribution in [1.82, 2.24) is 24.8 Å². The quantitative estimate of drug-likeness (QED) is 0.617. The van der Waals surface area contributed by atoms with E-state index in [1.165, 1.54) is 6.92 Å². The molecule has 0 radical (unpaired) electrons. The molecule has 1 aliphatic heterocycles. The molecule has 0 N–H and O–H groups in total. The average Bonchev–Trinajstić information content (AvgIpc) is 3.31. The van der Waals surface area contributed by atoms with E-state index >= 15 is 0 Å². The number of amides is 1. The van der Waals surface area contributed by atoms with Gasteiger partial charge < -0.3 is 9.42 Å². The Morgan fingerprint density at radius 2 is 2.10 bits per heavy atom. The highest BCUT2D eigenvalue weighted by Crippen LogP contribution is 2.40. The Bertz CT molecular complexity index is 1100. The number of aromatic nitrogens is 4. The minimum atomic E-state index is -4.55. The highest BCUT2D eigenvalue weighted by Gasteiger charge is 2.38. The van der Waals surface area contributed by atoms with Crippen LogP contribution in [0.4, 0.5) is 13.2 Å². The van der Waals surface area contributed by atoms with Gasteiger partial charge in [0.2, 0.25) is 5.91 Å². The number of carbonyl (C=O) groups excluding carboxylic acids is 1. The Hall–Kier alpha value is -2.91. The van der Waals surface area contributed by atoms with E-state index in [9.17, 15) is 18.0 Å². The number of nitrogens with zero attached hydrogens (tertiary/aromatic N) is 5. The second kappa shape index (κ2) is 7.97. The van der Waals surface area contributed by atoms with E-state index in [1.807, 2.05) is 26.1 Å². The summed E-state index contributed by atoms with van der Waals surface area (Å²) in [6.45, 7) is 6.52. The number of carbonyl (C=O) groups is 1. The molecule has 7 nitrogen and oxygen atoms in total. The number of alkyl halides is 3. The first-order valence-corrected chi connectivity index (χ1v) is 10.3. The predicted molar refractivity (Wildman–Crippen MR) is 106 cm³/mol. The topological polar surface area (TPSA) is 77.0 Å². The Labute approximate surface area is 177 Å². The van der Waals surface area contributed by atoms with Crippen LogP contribution in [0.5, 0.6) is 0 Å². The molecule has 1 saturated heterocycles. The van der Waals surface area contributed by atoms with E-state index in [4.69, 9.17) is 4.52 Å². The molecule has 0 unspecified atom stereocenters. The number of aryl methyl sites for hydroxylation is 2. The molecule has 0 bridgehead atoms. The van der Waals surface area contributed by atoms with E-state index in [-0.39, 0.29) is 40.2 Å². The van der Waals surface area contributed by atoms with Crippen LogP contribution in [-0.4, -0.2) is 43.8 Å². The molecular formula is C21H24F3N5O2. The van der Waals surface area contributed by atoms with Crippen molar-refractivity contribution in [2.24, 2.45) is 5.92 Å². The van der Waals surface area contributed by atoms with Crippen molar-refractivity contribution in [3.63, 3.8) is 0 Å². The van der Waals surface area contributed by atoms with Crippen molar-refractivity contribution in [3.05, 3.63) is 41.0 Å². The molecule has 4 rings (SSSR count). The van der Waals surface area contributed by atoms with Gasteiger partial charge in [0.15, 0.2) is 0 Å². The molecule has 1 amide bonds. The summed E-state index contributed by atoms with van der Waals surface area (Å²) < 4.78 is 47.9. The summed E-state index contributed by atoms with van der Waals surface area (Å²) >= 11 is 0. The SMILES string of the molecule is Cc1cc(C(F)(F)F)c2c([C@H]3CCCN(C(=O)[C@H](C)Cn4ccc(C)n4)C3)noc2n1. The Morgan fingerprint density at radius 1 is 1.32 bits per heavy atom. The molecule has 31 heavy (non-hydrogen) atoms. The van der Waals surface area contributed by atoms with Gasteiger partial charge in [-0.25, -0.2) is 4.98 Å². The van der Waals surface area contributed by atoms with E-state index in [0.717, 1.165) is 11.8 Å². The zero-order valence-corrected chi connectivity index (χ0v) is 17.6. The normalized spacial score (nSPS) is 18.5. The summed E-state index contributed by atoms with van der Waals surface area (Å²) in [4.78, 5) is 18.8. The maximum atomic E-state index is 13.7. The molecular weight excluding hydrogens is 411 g/mol. The lowest BCUT2D eigenvalue weighted by molar-refractivity contribution is -0.137. The highest BCUT2D eigenvalue weighted by atomic mass is 19.4. The third-order valence-electron chi connectivity index (χ3n) is 5.68. The van der Waals surface area contributed by atoms with Crippen LogP contribution >= 0.6 is 0 Å². The van der Waals surface area contributed by atoms with E-state index in [1.54, 1.807) is 9.58 Å². The number of piperidine rings is 1. The summed E-state index contributed by atoms with van der Waals surface area (Å²) in [7, 11) is 0. The first-order chi connectivity index (χ1) is 14.6. The van der Waals surface area contributed by atoms with Gasteiger partial charge in [0.1, 0.15) is 0 Å². The Kier molecular flexibility index (Phi) is 5.49. The molecule has 3 aromatic heterocycles. The smallest absolute Gasteiger partial charge is 0.342 e. The number of hydrogen-bond donors (Lipinski definition) is 0. The third kappa shape index (κ3) is 4.28. The fourth-order valence-corrected chi connectivity index (χ4v) is 4.23. The molecule has 1 fully saturated rings. The molecule has 3 aromatic rings. The molecule has 2 atom stereocenters. The minimum absolute atomic E-state index is 0.0457. The maximum Gasteiger partial charge on any atom is 0.417 e.